The summed E-state index contributed by atoms with van der Waals surface area (Å²) < 4.78 is 81.4. The maximum Gasteiger partial charge on any atom is 0.490 e. The minimum atomic E-state index is -5.08. The first kappa shape index (κ1) is 32.1. The summed E-state index contributed by atoms with van der Waals surface area (Å²) in [5.74, 6) is -1.83. The van der Waals surface area contributed by atoms with Crippen LogP contribution in [0.3, 0.4) is 0 Å². The fourth-order valence-electron chi connectivity index (χ4n) is 5.35. The van der Waals surface area contributed by atoms with Crippen LogP contribution in [0.1, 0.15) is 24.5 Å². The van der Waals surface area contributed by atoms with Gasteiger partial charge in [-0.1, -0.05) is 12.1 Å². The zero-order chi connectivity index (χ0) is 31.7. The first-order valence-corrected chi connectivity index (χ1v) is 13.4. The van der Waals surface area contributed by atoms with Crippen LogP contribution in [-0.2, 0) is 35.8 Å². The Labute approximate surface area is 240 Å². The second kappa shape index (κ2) is 12.4. The van der Waals surface area contributed by atoms with Gasteiger partial charge in [0.15, 0.2) is 11.2 Å². The smallest absolute Gasteiger partial charge is 0.475 e. The van der Waals surface area contributed by atoms with E-state index >= 15 is 0 Å². The fourth-order valence-corrected chi connectivity index (χ4v) is 5.35. The summed E-state index contributed by atoms with van der Waals surface area (Å²) in [5.41, 5.74) is -0.999. The molecule has 2 unspecified atom stereocenters. The largest absolute Gasteiger partial charge is 0.490 e. The number of aryl methyl sites for hydroxylation is 1. The number of carbonyl (C=O) groups is 1. The lowest BCUT2D eigenvalue weighted by molar-refractivity contribution is -0.192. The van der Waals surface area contributed by atoms with Crippen molar-refractivity contribution in [3.05, 3.63) is 56.2 Å². The van der Waals surface area contributed by atoms with Crippen molar-refractivity contribution in [3.63, 3.8) is 0 Å². The van der Waals surface area contributed by atoms with Crippen LogP contribution in [0.2, 0.25) is 0 Å². The molecule has 1 aromatic carbocycles. The van der Waals surface area contributed by atoms with Crippen molar-refractivity contribution in [2.24, 2.45) is 13.0 Å². The summed E-state index contributed by atoms with van der Waals surface area (Å²) in [6.45, 7) is 4.89. The van der Waals surface area contributed by atoms with E-state index in [1.165, 1.54) is 10.6 Å². The van der Waals surface area contributed by atoms with Gasteiger partial charge in [-0.05, 0) is 37.0 Å². The number of nitrogens with zero attached hydrogens (tertiary/aromatic N) is 5. The summed E-state index contributed by atoms with van der Waals surface area (Å²) in [5, 5.41) is 10.5. The summed E-state index contributed by atoms with van der Waals surface area (Å²) in [6, 6.07) is 5.24. The van der Waals surface area contributed by atoms with Crippen LogP contribution in [0.5, 0.6) is 0 Å². The van der Waals surface area contributed by atoms with Crippen molar-refractivity contribution in [3.8, 4) is 0 Å². The monoisotopic (exact) mass is 620 g/mol. The van der Waals surface area contributed by atoms with Crippen LogP contribution in [0.15, 0.2) is 33.9 Å². The number of hydrogen-bond acceptors (Lipinski definition) is 7. The minimum absolute atomic E-state index is 0.00989. The number of benzene rings is 1. The molecule has 0 saturated carbocycles. The second-order valence-electron chi connectivity index (χ2n) is 10.1. The number of hydrogen-bond donors (Lipinski definition) is 2. The summed E-state index contributed by atoms with van der Waals surface area (Å²) in [6.07, 6.45) is -8.62. The van der Waals surface area contributed by atoms with E-state index in [2.05, 4.69) is 10.2 Å². The molecule has 5 rings (SSSR count). The van der Waals surface area contributed by atoms with E-state index in [9.17, 15) is 35.9 Å². The lowest BCUT2D eigenvalue weighted by atomic mass is 10.1. The van der Waals surface area contributed by atoms with Crippen molar-refractivity contribution in [1.29, 1.82) is 0 Å². The van der Waals surface area contributed by atoms with Crippen LogP contribution >= 0.6 is 0 Å². The van der Waals surface area contributed by atoms with Gasteiger partial charge in [-0.25, -0.2) is 9.59 Å². The quantitative estimate of drug-likeness (QED) is 0.305. The molecule has 2 saturated heterocycles. The van der Waals surface area contributed by atoms with Gasteiger partial charge in [0.25, 0.3) is 5.56 Å². The average Bonchev–Trinajstić information content (AvgIpc) is 3.64. The number of imidazole rings is 1. The SMILES string of the molecule is CCOCCn1c(=O)c2c(nc(N3CCC4CNCC43)n2Cc2cccc(C(F)(F)F)c2)n(C)c1=O.O=C(O)C(F)(F)F. The Morgan fingerprint density at radius 1 is 1.14 bits per heavy atom. The highest BCUT2D eigenvalue weighted by Gasteiger charge is 2.40. The zero-order valence-electron chi connectivity index (χ0n) is 23.2. The number of halogens is 6. The van der Waals surface area contributed by atoms with Crippen molar-refractivity contribution in [2.45, 2.75) is 44.8 Å². The van der Waals surface area contributed by atoms with Crippen LogP contribution in [0, 0.1) is 5.92 Å². The van der Waals surface area contributed by atoms with Gasteiger partial charge in [-0.3, -0.25) is 18.5 Å². The average molecular weight is 621 g/mol. The Kier molecular flexibility index (Phi) is 9.24. The molecule has 17 heteroatoms. The number of anilines is 1. The van der Waals surface area contributed by atoms with Crippen molar-refractivity contribution >= 4 is 23.1 Å². The molecule has 2 atom stereocenters. The highest BCUT2D eigenvalue weighted by atomic mass is 19.4. The molecule has 3 aromatic rings. The van der Waals surface area contributed by atoms with Crippen LogP contribution in [0.25, 0.3) is 11.2 Å². The number of aliphatic carboxylic acids is 1. The summed E-state index contributed by atoms with van der Waals surface area (Å²) in [4.78, 5) is 42.4. The number of rotatable bonds is 7. The number of fused-ring (bicyclic) bond motifs is 2. The molecule has 11 nitrogen and oxygen atoms in total. The third-order valence-corrected chi connectivity index (χ3v) is 7.42. The van der Waals surface area contributed by atoms with Crippen molar-refractivity contribution < 1.29 is 41.0 Å². The molecule has 4 heterocycles. The van der Waals surface area contributed by atoms with E-state index in [-0.39, 0.29) is 36.9 Å². The topological polar surface area (TPSA) is 124 Å². The van der Waals surface area contributed by atoms with Crippen LogP contribution in [-0.4, -0.2) is 74.8 Å². The zero-order valence-corrected chi connectivity index (χ0v) is 23.2. The summed E-state index contributed by atoms with van der Waals surface area (Å²) >= 11 is 0. The van der Waals surface area contributed by atoms with Gasteiger partial charge >= 0.3 is 24.0 Å². The highest BCUT2D eigenvalue weighted by Crippen LogP contribution is 2.34. The van der Waals surface area contributed by atoms with Crippen molar-refractivity contribution in [1.82, 2.24) is 24.0 Å². The molecule has 2 aliphatic rings. The molecule has 0 aliphatic carbocycles. The Balaban J connectivity index is 0.000000541. The summed E-state index contributed by atoms with van der Waals surface area (Å²) in [7, 11) is 1.55. The minimum Gasteiger partial charge on any atom is -0.475 e. The number of aromatic nitrogens is 4. The lowest BCUT2D eigenvalue weighted by Crippen LogP contribution is -2.40. The van der Waals surface area contributed by atoms with E-state index < -0.39 is 35.1 Å². The van der Waals surface area contributed by atoms with E-state index in [0.29, 0.717) is 24.0 Å². The Hall–Kier alpha value is -3.86. The number of carboxylic acids is 1. The molecule has 2 N–H and O–H groups in total. The van der Waals surface area contributed by atoms with Gasteiger partial charge in [0.05, 0.1) is 25.3 Å². The maximum atomic E-state index is 13.6. The number of ether oxygens (including phenoxy) is 1. The first-order chi connectivity index (χ1) is 20.1. The van der Waals surface area contributed by atoms with Crippen LogP contribution < -0.4 is 21.5 Å². The van der Waals surface area contributed by atoms with E-state index in [1.54, 1.807) is 17.7 Å². The maximum absolute atomic E-state index is 13.6. The molecular weight excluding hydrogens is 590 g/mol. The van der Waals surface area contributed by atoms with E-state index in [0.717, 1.165) is 42.8 Å². The predicted molar refractivity (Wildman–Crippen MR) is 142 cm³/mol. The van der Waals surface area contributed by atoms with Gasteiger partial charge in [-0.15, -0.1) is 0 Å². The van der Waals surface area contributed by atoms with Gasteiger partial charge in [-0.2, -0.15) is 31.3 Å². The Bertz CT molecular complexity index is 1590. The molecule has 0 radical (unpaired) electrons. The van der Waals surface area contributed by atoms with Crippen molar-refractivity contribution in [2.75, 3.05) is 37.7 Å². The molecule has 2 fully saturated rings. The molecule has 0 bridgehead atoms. The number of nitrogens with one attached hydrogen (secondary N) is 1. The van der Waals surface area contributed by atoms with Gasteiger partial charge in [0.2, 0.25) is 5.95 Å². The highest BCUT2D eigenvalue weighted by molar-refractivity contribution is 5.75. The number of alkyl halides is 6. The predicted octanol–water partition coefficient (Wildman–Crippen LogP) is 2.43. The van der Waals surface area contributed by atoms with Gasteiger partial charge in [0, 0.05) is 39.3 Å². The van der Waals surface area contributed by atoms with E-state index in [1.807, 2.05) is 6.92 Å². The lowest BCUT2D eigenvalue weighted by Gasteiger charge is -2.25. The van der Waals surface area contributed by atoms with Gasteiger partial charge in [0.1, 0.15) is 0 Å². The fraction of sp³-hybridized carbons (Fsp3) is 0.538. The molecule has 2 aromatic heterocycles. The Morgan fingerprint density at radius 2 is 1.84 bits per heavy atom. The molecular formula is C26H30F6N6O5. The van der Waals surface area contributed by atoms with Gasteiger partial charge < -0.3 is 20.1 Å². The molecule has 236 valence electrons. The standard InChI is InChI=1S/C24H29F3N6O3.C2HF3O2/c1-3-36-10-9-32-21(34)19-20(30(2)23(32)35)29-22(31-8-7-16-12-28-13-18(16)31)33(19)14-15-5-4-6-17(11-15)24(25,26)27;3-2(4,5)1(6)7/h4-6,11,16,18,28H,3,7-10,12-14H2,1-2H3;(H,6,7). The number of carboxylic acid groups (broad SMARTS) is 1. The molecule has 0 amide bonds. The Morgan fingerprint density at radius 3 is 2.47 bits per heavy atom. The van der Waals surface area contributed by atoms with E-state index in [4.69, 9.17) is 19.6 Å². The molecule has 43 heavy (non-hydrogen) atoms. The third-order valence-electron chi connectivity index (χ3n) is 7.42. The van der Waals surface area contributed by atoms with Crippen LogP contribution in [0.4, 0.5) is 32.3 Å². The molecule has 2 aliphatic heterocycles. The first-order valence-electron chi connectivity index (χ1n) is 13.4. The third kappa shape index (κ3) is 6.71. The molecule has 0 spiro atoms. The normalized spacial score (nSPS) is 18.6. The second-order valence-corrected chi connectivity index (χ2v) is 10.1.